The fourth-order valence-electron chi connectivity index (χ4n) is 2.38. The Balaban J connectivity index is 2.29. The molecule has 2 aromatic heterocycles. The zero-order valence-corrected chi connectivity index (χ0v) is 12.8. The lowest BCUT2D eigenvalue weighted by Crippen LogP contribution is -1.94. The van der Waals surface area contributed by atoms with Gasteiger partial charge in [-0.05, 0) is 44.5 Å². The second kappa shape index (κ2) is 4.87. The molecule has 0 spiro atoms. The zero-order chi connectivity index (χ0) is 14.3. The Bertz CT molecular complexity index is 793. The summed E-state index contributed by atoms with van der Waals surface area (Å²) in [6, 6.07) is 6.17. The minimum Gasteiger partial charge on any atom is -0.496 e. The molecule has 0 saturated carbocycles. The minimum atomic E-state index is 0.872. The Morgan fingerprint density at radius 1 is 1.10 bits per heavy atom. The summed E-state index contributed by atoms with van der Waals surface area (Å²) >= 11 is 1.63. The van der Waals surface area contributed by atoms with Gasteiger partial charge >= 0.3 is 0 Å². The van der Waals surface area contributed by atoms with Crippen molar-refractivity contribution in [2.75, 3.05) is 7.11 Å². The van der Waals surface area contributed by atoms with Crippen molar-refractivity contribution >= 4 is 22.2 Å². The molecule has 0 bridgehead atoms. The number of fused-ring (bicyclic) bond motifs is 1. The molecule has 0 atom stereocenters. The number of rotatable bonds is 2. The van der Waals surface area contributed by atoms with E-state index in [4.69, 9.17) is 9.72 Å². The number of methoxy groups -OCH3 is 1. The molecule has 0 amide bonds. The first kappa shape index (κ1) is 13.1. The number of hydrogen-bond acceptors (Lipinski definition) is 4. The summed E-state index contributed by atoms with van der Waals surface area (Å²) in [6.45, 7) is 6.16. The third-order valence-electron chi connectivity index (χ3n) is 3.45. The summed E-state index contributed by atoms with van der Waals surface area (Å²) < 4.78 is 5.39. The molecule has 0 unspecified atom stereocenters. The Hall–Kier alpha value is -1.94. The van der Waals surface area contributed by atoms with Crippen LogP contribution in [0.15, 0.2) is 23.6 Å². The highest BCUT2D eigenvalue weighted by atomic mass is 32.1. The zero-order valence-electron chi connectivity index (χ0n) is 12.0. The van der Waals surface area contributed by atoms with Crippen LogP contribution in [-0.2, 0) is 0 Å². The molecular weight excluding hydrogens is 268 g/mol. The lowest BCUT2D eigenvalue weighted by atomic mass is 10.0. The second-order valence-corrected chi connectivity index (χ2v) is 5.77. The number of aromatic nitrogens is 2. The van der Waals surface area contributed by atoms with Gasteiger partial charge in [0, 0.05) is 22.0 Å². The Morgan fingerprint density at radius 2 is 1.90 bits per heavy atom. The fourth-order valence-corrected chi connectivity index (χ4v) is 3.14. The molecule has 3 nitrogen and oxygen atoms in total. The van der Waals surface area contributed by atoms with E-state index in [1.165, 1.54) is 10.9 Å². The number of nitrogens with zero attached hydrogens (tertiary/aromatic N) is 2. The first-order valence-electron chi connectivity index (χ1n) is 6.47. The minimum absolute atomic E-state index is 0.872. The van der Waals surface area contributed by atoms with E-state index < -0.39 is 0 Å². The number of thiazole rings is 1. The van der Waals surface area contributed by atoms with E-state index in [-0.39, 0.29) is 0 Å². The van der Waals surface area contributed by atoms with Gasteiger partial charge in [0.1, 0.15) is 10.8 Å². The molecule has 0 N–H and O–H groups in total. The van der Waals surface area contributed by atoms with Crippen molar-refractivity contribution in [3.05, 3.63) is 40.4 Å². The lowest BCUT2D eigenvalue weighted by molar-refractivity contribution is 0.412. The summed E-state index contributed by atoms with van der Waals surface area (Å²) in [4.78, 5) is 9.32. The van der Waals surface area contributed by atoms with Crippen LogP contribution < -0.4 is 4.74 Å². The average Bonchev–Trinajstić information content (AvgIpc) is 2.86. The van der Waals surface area contributed by atoms with Gasteiger partial charge in [-0.25, -0.2) is 9.97 Å². The van der Waals surface area contributed by atoms with Gasteiger partial charge in [-0.1, -0.05) is 0 Å². The van der Waals surface area contributed by atoms with Crippen LogP contribution in [0.25, 0.3) is 21.6 Å². The summed E-state index contributed by atoms with van der Waals surface area (Å²) in [7, 11) is 1.69. The average molecular weight is 284 g/mol. The van der Waals surface area contributed by atoms with Crippen LogP contribution in [0.1, 0.15) is 16.8 Å². The molecular formula is C16H16N2OS. The van der Waals surface area contributed by atoms with Crippen molar-refractivity contribution in [1.82, 2.24) is 9.97 Å². The smallest absolute Gasteiger partial charge is 0.142 e. The number of pyridine rings is 1. The van der Waals surface area contributed by atoms with Gasteiger partial charge in [-0.3, -0.25) is 0 Å². The molecule has 0 radical (unpaired) electrons. The quantitative estimate of drug-likeness (QED) is 0.704. The summed E-state index contributed by atoms with van der Waals surface area (Å²) in [6.07, 6.45) is 0. The fraction of sp³-hybridized carbons (Fsp3) is 0.250. The standard InChI is InChI=1S/C16H16N2OS/c1-9-7-13(16-17-10(2)8-20-16)18-15-11(3)14(19-4)6-5-12(9)15/h5-8H,1-4H3. The number of benzene rings is 1. The van der Waals surface area contributed by atoms with Gasteiger partial charge < -0.3 is 4.74 Å². The first-order chi connectivity index (χ1) is 9.60. The Kier molecular flexibility index (Phi) is 3.18. The molecule has 3 rings (SSSR count). The van der Waals surface area contributed by atoms with E-state index >= 15 is 0 Å². The van der Waals surface area contributed by atoms with Crippen LogP contribution >= 0.6 is 11.3 Å². The normalized spacial score (nSPS) is 11.0. The van der Waals surface area contributed by atoms with E-state index in [1.54, 1.807) is 18.4 Å². The van der Waals surface area contributed by atoms with E-state index in [1.807, 2.05) is 19.9 Å². The molecule has 2 heterocycles. The van der Waals surface area contributed by atoms with Crippen LogP contribution in [0.4, 0.5) is 0 Å². The van der Waals surface area contributed by atoms with Gasteiger partial charge in [-0.15, -0.1) is 11.3 Å². The van der Waals surface area contributed by atoms with Crippen molar-refractivity contribution in [1.29, 1.82) is 0 Å². The van der Waals surface area contributed by atoms with Crippen molar-refractivity contribution in [3.63, 3.8) is 0 Å². The van der Waals surface area contributed by atoms with Crippen molar-refractivity contribution in [2.45, 2.75) is 20.8 Å². The molecule has 0 fully saturated rings. The highest BCUT2D eigenvalue weighted by molar-refractivity contribution is 7.13. The van der Waals surface area contributed by atoms with E-state index in [2.05, 4.69) is 29.4 Å². The highest BCUT2D eigenvalue weighted by Gasteiger charge is 2.11. The van der Waals surface area contributed by atoms with E-state index in [0.29, 0.717) is 0 Å². The second-order valence-electron chi connectivity index (χ2n) is 4.91. The summed E-state index contributed by atoms with van der Waals surface area (Å²) in [5.74, 6) is 0.872. The van der Waals surface area contributed by atoms with Gasteiger partial charge in [0.15, 0.2) is 0 Å². The molecule has 3 aromatic rings. The Morgan fingerprint density at radius 3 is 2.55 bits per heavy atom. The monoisotopic (exact) mass is 284 g/mol. The van der Waals surface area contributed by atoms with Crippen LogP contribution in [0.3, 0.4) is 0 Å². The maximum Gasteiger partial charge on any atom is 0.142 e. The molecule has 20 heavy (non-hydrogen) atoms. The van der Waals surface area contributed by atoms with Gasteiger partial charge in [-0.2, -0.15) is 0 Å². The van der Waals surface area contributed by atoms with Crippen LogP contribution in [-0.4, -0.2) is 17.1 Å². The predicted molar refractivity (Wildman–Crippen MR) is 83.6 cm³/mol. The number of hydrogen-bond donors (Lipinski definition) is 0. The highest BCUT2D eigenvalue weighted by Crippen LogP contribution is 2.31. The van der Waals surface area contributed by atoms with Crippen molar-refractivity contribution < 1.29 is 4.74 Å². The molecule has 0 saturated heterocycles. The largest absolute Gasteiger partial charge is 0.496 e. The third-order valence-corrected chi connectivity index (χ3v) is 4.43. The van der Waals surface area contributed by atoms with Crippen LogP contribution in [0.5, 0.6) is 5.75 Å². The lowest BCUT2D eigenvalue weighted by Gasteiger charge is -2.10. The van der Waals surface area contributed by atoms with Crippen molar-refractivity contribution in [3.8, 4) is 16.5 Å². The third kappa shape index (κ3) is 2.06. The predicted octanol–water partition coefficient (Wildman–Crippen LogP) is 4.29. The molecule has 1 aromatic carbocycles. The van der Waals surface area contributed by atoms with Crippen LogP contribution in [0, 0.1) is 20.8 Å². The maximum absolute atomic E-state index is 5.39. The first-order valence-corrected chi connectivity index (χ1v) is 7.35. The maximum atomic E-state index is 5.39. The van der Waals surface area contributed by atoms with Gasteiger partial charge in [0.2, 0.25) is 0 Å². The molecule has 0 aliphatic heterocycles. The molecule has 0 aliphatic carbocycles. The van der Waals surface area contributed by atoms with Crippen molar-refractivity contribution in [2.24, 2.45) is 0 Å². The number of ether oxygens (including phenoxy) is 1. The van der Waals surface area contributed by atoms with E-state index in [0.717, 1.165) is 33.2 Å². The number of aryl methyl sites for hydroxylation is 3. The van der Waals surface area contributed by atoms with Gasteiger partial charge in [0.25, 0.3) is 0 Å². The summed E-state index contributed by atoms with van der Waals surface area (Å²) in [5, 5.41) is 4.18. The summed E-state index contributed by atoms with van der Waals surface area (Å²) in [5.41, 5.74) is 5.25. The van der Waals surface area contributed by atoms with Crippen LogP contribution in [0.2, 0.25) is 0 Å². The Labute approximate surface area is 122 Å². The SMILES string of the molecule is COc1ccc2c(C)cc(-c3nc(C)cs3)nc2c1C. The van der Waals surface area contributed by atoms with E-state index in [9.17, 15) is 0 Å². The molecule has 4 heteroatoms. The topological polar surface area (TPSA) is 35.0 Å². The molecule has 0 aliphatic rings. The molecule has 102 valence electrons. The van der Waals surface area contributed by atoms with Gasteiger partial charge in [0.05, 0.1) is 18.3 Å².